The van der Waals surface area contributed by atoms with E-state index in [1.807, 2.05) is 49.4 Å². The molecular formula is C21H21NO3S. The van der Waals surface area contributed by atoms with E-state index in [-0.39, 0.29) is 5.91 Å². The molecule has 2 aromatic carbocycles. The van der Waals surface area contributed by atoms with Gasteiger partial charge in [0.05, 0.1) is 11.3 Å². The zero-order valence-electron chi connectivity index (χ0n) is 14.9. The molecule has 1 heterocycles. The van der Waals surface area contributed by atoms with Crippen molar-refractivity contribution in [2.75, 3.05) is 11.1 Å². The molecule has 2 aromatic rings. The fourth-order valence-electron chi connectivity index (χ4n) is 2.95. The van der Waals surface area contributed by atoms with E-state index in [0.29, 0.717) is 17.7 Å². The number of amides is 1. The molecule has 0 aliphatic carbocycles. The van der Waals surface area contributed by atoms with E-state index in [1.165, 1.54) is 0 Å². The van der Waals surface area contributed by atoms with Crippen molar-refractivity contribution in [1.82, 2.24) is 0 Å². The molecule has 4 nitrogen and oxygen atoms in total. The zero-order valence-corrected chi connectivity index (χ0v) is 15.7. The van der Waals surface area contributed by atoms with Crippen LogP contribution in [0.25, 0.3) is 0 Å². The second-order valence-electron chi connectivity index (χ2n) is 6.51. The third-order valence-corrected chi connectivity index (χ3v) is 5.37. The van der Waals surface area contributed by atoms with E-state index in [1.54, 1.807) is 24.8 Å². The molecule has 0 fully saturated rings. The Labute approximate surface area is 157 Å². The number of hydrogen-bond donors (Lipinski definition) is 1. The zero-order chi connectivity index (χ0) is 18.7. The standard InChI is InChI=1S/C21H21NO3S/c1-4-11-26-18-8-6-5-7-17(18)22-20(24)21(3)13-15-12-14(2)9-10-16(15)19(23)25-21/h4-10,12H,1,11,13H2,2-3H3,(H,22,24). The summed E-state index contributed by atoms with van der Waals surface area (Å²) in [6, 6.07) is 13.1. The van der Waals surface area contributed by atoms with Gasteiger partial charge in [-0.1, -0.05) is 35.9 Å². The number of nitrogens with one attached hydrogen (secondary N) is 1. The molecule has 1 aliphatic rings. The molecule has 134 valence electrons. The number of carbonyl (C=O) groups is 2. The van der Waals surface area contributed by atoms with Crippen LogP contribution in [0, 0.1) is 6.92 Å². The van der Waals surface area contributed by atoms with Crippen LogP contribution in [0.15, 0.2) is 60.0 Å². The van der Waals surface area contributed by atoms with Crippen molar-refractivity contribution in [2.24, 2.45) is 0 Å². The van der Waals surface area contributed by atoms with Gasteiger partial charge >= 0.3 is 5.97 Å². The molecule has 1 N–H and O–H groups in total. The summed E-state index contributed by atoms with van der Waals surface area (Å²) in [6.07, 6.45) is 2.16. The Hall–Kier alpha value is -2.53. The SMILES string of the molecule is C=CCSc1ccccc1NC(=O)C1(C)Cc2cc(C)ccc2C(=O)O1. The van der Waals surface area contributed by atoms with Crippen LogP contribution < -0.4 is 5.32 Å². The molecule has 0 aromatic heterocycles. The average Bonchev–Trinajstić information content (AvgIpc) is 2.60. The number of aryl methyl sites for hydroxylation is 1. The van der Waals surface area contributed by atoms with Gasteiger partial charge in [-0.2, -0.15) is 0 Å². The highest BCUT2D eigenvalue weighted by Gasteiger charge is 2.42. The minimum atomic E-state index is -1.24. The van der Waals surface area contributed by atoms with E-state index in [0.717, 1.165) is 21.8 Å². The van der Waals surface area contributed by atoms with E-state index in [2.05, 4.69) is 11.9 Å². The summed E-state index contributed by atoms with van der Waals surface area (Å²) in [7, 11) is 0. The number of rotatable bonds is 5. The maximum atomic E-state index is 12.9. The topological polar surface area (TPSA) is 55.4 Å². The smallest absolute Gasteiger partial charge is 0.339 e. The highest BCUT2D eigenvalue weighted by Crippen LogP contribution is 2.32. The quantitative estimate of drug-likeness (QED) is 0.484. The predicted molar refractivity (Wildman–Crippen MR) is 105 cm³/mol. The van der Waals surface area contributed by atoms with Crippen LogP contribution in [0.1, 0.15) is 28.4 Å². The lowest BCUT2D eigenvalue weighted by molar-refractivity contribution is -0.134. The van der Waals surface area contributed by atoms with Gasteiger partial charge in [-0.15, -0.1) is 18.3 Å². The lowest BCUT2D eigenvalue weighted by atomic mass is 9.88. The first-order valence-electron chi connectivity index (χ1n) is 8.40. The second-order valence-corrected chi connectivity index (χ2v) is 7.57. The number of esters is 1. The number of carbonyl (C=O) groups excluding carboxylic acids is 2. The van der Waals surface area contributed by atoms with Crippen LogP contribution >= 0.6 is 11.8 Å². The largest absolute Gasteiger partial charge is 0.445 e. The molecule has 5 heteroatoms. The molecule has 1 amide bonds. The van der Waals surface area contributed by atoms with E-state index >= 15 is 0 Å². The summed E-state index contributed by atoms with van der Waals surface area (Å²) >= 11 is 1.59. The molecule has 3 rings (SSSR count). The van der Waals surface area contributed by atoms with Crippen molar-refractivity contribution in [3.05, 3.63) is 71.8 Å². The van der Waals surface area contributed by atoms with Crippen molar-refractivity contribution < 1.29 is 14.3 Å². The molecule has 0 radical (unpaired) electrons. The van der Waals surface area contributed by atoms with Crippen molar-refractivity contribution >= 4 is 29.3 Å². The number of cyclic esters (lactones) is 1. The lowest BCUT2D eigenvalue weighted by Crippen LogP contribution is -2.49. The Morgan fingerprint density at radius 3 is 2.88 bits per heavy atom. The molecular weight excluding hydrogens is 346 g/mol. The Morgan fingerprint density at radius 2 is 2.12 bits per heavy atom. The third kappa shape index (κ3) is 3.68. The first-order chi connectivity index (χ1) is 12.4. The maximum absolute atomic E-state index is 12.9. The third-order valence-electron chi connectivity index (χ3n) is 4.30. The van der Waals surface area contributed by atoms with Gasteiger partial charge in [0.2, 0.25) is 0 Å². The van der Waals surface area contributed by atoms with Gasteiger partial charge < -0.3 is 10.1 Å². The van der Waals surface area contributed by atoms with Gasteiger partial charge in [0, 0.05) is 17.1 Å². The second kappa shape index (κ2) is 7.38. The van der Waals surface area contributed by atoms with Crippen molar-refractivity contribution in [3.8, 4) is 0 Å². The summed E-state index contributed by atoms with van der Waals surface area (Å²) in [6.45, 7) is 7.34. The Morgan fingerprint density at radius 1 is 1.35 bits per heavy atom. The van der Waals surface area contributed by atoms with Gasteiger partial charge in [0.25, 0.3) is 5.91 Å². The fraction of sp³-hybridized carbons (Fsp3) is 0.238. The van der Waals surface area contributed by atoms with Crippen LogP contribution in [-0.2, 0) is 16.0 Å². The van der Waals surface area contributed by atoms with Gasteiger partial charge in [0.15, 0.2) is 5.60 Å². The number of hydrogen-bond acceptors (Lipinski definition) is 4. The number of benzene rings is 2. The van der Waals surface area contributed by atoms with E-state index in [4.69, 9.17) is 4.74 Å². The Bertz CT molecular complexity index is 877. The van der Waals surface area contributed by atoms with Gasteiger partial charge in [-0.25, -0.2) is 4.79 Å². The van der Waals surface area contributed by atoms with Crippen LogP contribution in [0.3, 0.4) is 0 Å². The Kier molecular flexibility index (Phi) is 5.18. The molecule has 1 atom stereocenters. The van der Waals surface area contributed by atoms with E-state index in [9.17, 15) is 9.59 Å². The highest BCUT2D eigenvalue weighted by atomic mass is 32.2. The van der Waals surface area contributed by atoms with Crippen molar-refractivity contribution in [3.63, 3.8) is 0 Å². The van der Waals surface area contributed by atoms with Crippen molar-refractivity contribution in [2.45, 2.75) is 30.8 Å². The molecule has 0 spiro atoms. The van der Waals surface area contributed by atoms with Crippen LogP contribution in [0.4, 0.5) is 5.69 Å². The first-order valence-corrected chi connectivity index (χ1v) is 9.38. The van der Waals surface area contributed by atoms with Crippen molar-refractivity contribution in [1.29, 1.82) is 0 Å². The van der Waals surface area contributed by atoms with Crippen LogP contribution in [-0.4, -0.2) is 23.2 Å². The first kappa shape index (κ1) is 18.3. The molecule has 26 heavy (non-hydrogen) atoms. The van der Waals surface area contributed by atoms with E-state index < -0.39 is 11.6 Å². The molecule has 0 saturated heterocycles. The predicted octanol–water partition coefficient (Wildman–Crippen LogP) is 4.38. The summed E-state index contributed by atoms with van der Waals surface area (Å²) in [5.74, 6) is -0.0471. The molecule has 0 bridgehead atoms. The molecule has 1 unspecified atom stereocenters. The number of para-hydroxylation sites is 1. The summed E-state index contributed by atoms with van der Waals surface area (Å²) in [5, 5.41) is 2.92. The number of thioether (sulfide) groups is 1. The van der Waals surface area contributed by atoms with Crippen LogP contribution in [0.2, 0.25) is 0 Å². The minimum absolute atomic E-state index is 0.329. The maximum Gasteiger partial charge on any atom is 0.339 e. The van der Waals surface area contributed by atoms with Gasteiger partial charge in [-0.05, 0) is 37.6 Å². The summed E-state index contributed by atoms with van der Waals surface area (Å²) < 4.78 is 5.52. The number of fused-ring (bicyclic) bond motifs is 1. The van der Waals surface area contributed by atoms with Gasteiger partial charge in [-0.3, -0.25) is 4.79 Å². The number of ether oxygens (including phenoxy) is 1. The lowest BCUT2D eigenvalue weighted by Gasteiger charge is -2.33. The summed E-state index contributed by atoms with van der Waals surface area (Å²) in [4.78, 5) is 26.2. The van der Waals surface area contributed by atoms with Gasteiger partial charge in [0.1, 0.15) is 0 Å². The average molecular weight is 367 g/mol. The monoisotopic (exact) mass is 367 g/mol. The fourth-order valence-corrected chi connectivity index (χ4v) is 3.70. The number of anilines is 1. The summed E-state index contributed by atoms with van der Waals surface area (Å²) in [5.41, 5.74) is 1.88. The highest BCUT2D eigenvalue weighted by molar-refractivity contribution is 7.99. The van der Waals surface area contributed by atoms with Crippen LogP contribution in [0.5, 0.6) is 0 Å². The minimum Gasteiger partial charge on any atom is -0.445 e. The molecule has 1 aliphatic heterocycles. The molecule has 0 saturated carbocycles. The Balaban J connectivity index is 1.84. The normalized spacial score (nSPS) is 18.6.